The zero-order valence-electron chi connectivity index (χ0n) is 10.2. The lowest BCUT2D eigenvalue weighted by molar-refractivity contribution is 0.318. The SMILES string of the molecule is NC(=NO)c1cccc(CNc2ccc(Cl)cc2)c1. The highest BCUT2D eigenvalue weighted by atomic mass is 35.5. The second-order valence-corrected chi connectivity index (χ2v) is 4.48. The van der Waals surface area contributed by atoms with Crippen LogP contribution in [0.2, 0.25) is 5.02 Å². The lowest BCUT2D eigenvalue weighted by Crippen LogP contribution is -2.13. The lowest BCUT2D eigenvalue weighted by atomic mass is 10.1. The van der Waals surface area contributed by atoms with Gasteiger partial charge >= 0.3 is 0 Å². The van der Waals surface area contributed by atoms with Crippen molar-refractivity contribution in [2.45, 2.75) is 6.54 Å². The van der Waals surface area contributed by atoms with Crippen LogP contribution in [0.25, 0.3) is 0 Å². The molecule has 4 N–H and O–H groups in total. The molecule has 0 radical (unpaired) electrons. The van der Waals surface area contributed by atoms with Crippen molar-refractivity contribution in [3.05, 3.63) is 64.7 Å². The van der Waals surface area contributed by atoms with Crippen molar-refractivity contribution in [1.82, 2.24) is 0 Å². The first kappa shape index (κ1) is 13.2. The van der Waals surface area contributed by atoms with E-state index in [1.54, 1.807) is 6.07 Å². The highest BCUT2D eigenvalue weighted by molar-refractivity contribution is 6.30. The number of anilines is 1. The molecule has 0 aromatic heterocycles. The Morgan fingerprint density at radius 3 is 2.63 bits per heavy atom. The monoisotopic (exact) mass is 275 g/mol. The minimum absolute atomic E-state index is 0.105. The van der Waals surface area contributed by atoms with Crippen LogP contribution in [0.1, 0.15) is 11.1 Å². The normalized spacial score (nSPS) is 11.3. The number of halogens is 1. The van der Waals surface area contributed by atoms with E-state index in [-0.39, 0.29) is 5.84 Å². The van der Waals surface area contributed by atoms with Gasteiger partial charge in [-0.2, -0.15) is 0 Å². The third-order valence-electron chi connectivity index (χ3n) is 2.67. The largest absolute Gasteiger partial charge is 0.409 e. The molecule has 0 heterocycles. The Balaban J connectivity index is 2.05. The van der Waals surface area contributed by atoms with Crippen LogP contribution in [0.3, 0.4) is 0 Å². The van der Waals surface area contributed by atoms with Crippen molar-refractivity contribution < 1.29 is 5.21 Å². The highest BCUT2D eigenvalue weighted by Crippen LogP contribution is 2.14. The fourth-order valence-electron chi connectivity index (χ4n) is 1.67. The van der Waals surface area contributed by atoms with Gasteiger partial charge in [0.2, 0.25) is 0 Å². The van der Waals surface area contributed by atoms with Crippen molar-refractivity contribution in [3.8, 4) is 0 Å². The molecule has 2 aromatic carbocycles. The van der Waals surface area contributed by atoms with E-state index in [2.05, 4.69) is 10.5 Å². The average molecular weight is 276 g/mol. The fraction of sp³-hybridized carbons (Fsp3) is 0.0714. The summed E-state index contributed by atoms with van der Waals surface area (Å²) in [7, 11) is 0. The van der Waals surface area contributed by atoms with E-state index in [1.165, 1.54) is 0 Å². The fourth-order valence-corrected chi connectivity index (χ4v) is 1.80. The van der Waals surface area contributed by atoms with Gasteiger partial charge in [-0.3, -0.25) is 0 Å². The summed E-state index contributed by atoms with van der Waals surface area (Å²) in [6.45, 7) is 0.647. The minimum Gasteiger partial charge on any atom is -0.409 e. The van der Waals surface area contributed by atoms with Gasteiger partial charge in [-0.05, 0) is 35.9 Å². The van der Waals surface area contributed by atoms with Crippen LogP contribution in [0, 0.1) is 0 Å². The molecule has 0 saturated carbocycles. The molecule has 19 heavy (non-hydrogen) atoms. The van der Waals surface area contributed by atoms with Crippen LogP contribution >= 0.6 is 11.6 Å². The van der Waals surface area contributed by atoms with Gasteiger partial charge in [0.1, 0.15) is 0 Å². The summed E-state index contributed by atoms with van der Waals surface area (Å²) in [5.41, 5.74) is 8.27. The number of hydrogen-bond donors (Lipinski definition) is 3. The number of oxime groups is 1. The van der Waals surface area contributed by atoms with Crippen molar-refractivity contribution in [2.24, 2.45) is 10.9 Å². The predicted octanol–water partition coefficient (Wildman–Crippen LogP) is 3.05. The second kappa shape index (κ2) is 6.11. The zero-order valence-corrected chi connectivity index (χ0v) is 10.9. The molecule has 0 amide bonds. The summed E-state index contributed by atoms with van der Waals surface area (Å²) in [5, 5.41) is 15.6. The summed E-state index contributed by atoms with van der Waals surface area (Å²) >= 11 is 5.82. The second-order valence-electron chi connectivity index (χ2n) is 4.05. The predicted molar refractivity (Wildman–Crippen MR) is 77.7 cm³/mol. The van der Waals surface area contributed by atoms with E-state index in [0.717, 1.165) is 11.3 Å². The number of benzene rings is 2. The van der Waals surface area contributed by atoms with Gasteiger partial charge in [-0.1, -0.05) is 35.0 Å². The molecule has 0 saturated heterocycles. The van der Waals surface area contributed by atoms with Crippen molar-refractivity contribution in [3.63, 3.8) is 0 Å². The van der Waals surface area contributed by atoms with Crippen molar-refractivity contribution in [2.75, 3.05) is 5.32 Å². The van der Waals surface area contributed by atoms with Crippen LogP contribution in [0.15, 0.2) is 53.7 Å². The quantitative estimate of drug-likeness (QED) is 0.348. The van der Waals surface area contributed by atoms with Gasteiger partial charge in [0.05, 0.1) is 0 Å². The lowest BCUT2D eigenvalue weighted by Gasteiger charge is -2.08. The number of nitrogens with zero attached hydrogens (tertiary/aromatic N) is 1. The molecule has 5 heteroatoms. The smallest absolute Gasteiger partial charge is 0.170 e. The van der Waals surface area contributed by atoms with Gasteiger partial charge in [0.25, 0.3) is 0 Å². The molecule has 0 atom stereocenters. The third-order valence-corrected chi connectivity index (χ3v) is 2.92. The molecule has 0 spiro atoms. The highest BCUT2D eigenvalue weighted by Gasteiger charge is 2.00. The maximum Gasteiger partial charge on any atom is 0.170 e. The molecular formula is C14H14ClN3O. The van der Waals surface area contributed by atoms with Gasteiger partial charge in [-0.25, -0.2) is 0 Å². The summed E-state index contributed by atoms with van der Waals surface area (Å²) in [4.78, 5) is 0. The van der Waals surface area contributed by atoms with Crippen molar-refractivity contribution in [1.29, 1.82) is 0 Å². The zero-order chi connectivity index (χ0) is 13.7. The molecule has 0 aliphatic rings. The number of rotatable bonds is 4. The molecular weight excluding hydrogens is 262 g/mol. The first-order valence-electron chi connectivity index (χ1n) is 5.75. The molecule has 2 aromatic rings. The van der Waals surface area contributed by atoms with Crippen LogP contribution in [0.5, 0.6) is 0 Å². The topological polar surface area (TPSA) is 70.6 Å². The van der Waals surface area contributed by atoms with E-state index in [4.69, 9.17) is 22.5 Å². The molecule has 0 aliphatic heterocycles. The molecule has 0 aliphatic carbocycles. The van der Waals surface area contributed by atoms with Crippen molar-refractivity contribution >= 4 is 23.1 Å². The van der Waals surface area contributed by atoms with Crippen LogP contribution in [-0.4, -0.2) is 11.0 Å². The number of amidine groups is 1. The van der Waals surface area contributed by atoms with Crippen LogP contribution in [0.4, 0.5) is 5.69 Å². The first-order chi connectivity index (χ1) is 9.19. The van der Waals surface area contributed by atoms with Gasteiger partial charge in [0.15, 0.2) is 5.84 Å². The third kappa shape index (κ3) is 3.63. The first-order valence-corrected chi connectivity index (χ1v) is 6.13. The molecule has 0 bridgehead atoms. The molecule has 98 valence electrons. The average Bonchev–Trinajstić information content (AvgIpc) is 2.46. The van der Waals surface area contributed by atoms with E-state index in [0.29, 0.717) is 17.1 Å². The molecule has 4 nitrogen and oxygen atoms in total. The number of nitrogens with one attached hydrogen (secondary N) is 1. The minimum atomic E-state index is 0.105. The maximum atomic E-state index is 8.65. The maximum absolute atomic E-state index is 8.65. The van der Waals surface area contributed by atoms with E-state index in [1.807, 2.05) is 42.5 Å². The molecule has 2 rings (SSSR count). The summed E-state index contributed by atoms with van der Waals surface area (Å²) < 4.78 is 0. The van der Waals surface area contributed by atoms with Gasteiger partial charge < -0.3 is 16.3 Å². The van der Waals surface area contributed by atoms with E-state index < -0.39 is 0 Å². The Bertz CT molecular complexity index is 581. The summed E-state index contributed by atoms with van der Waals surface area (Å²) in [6.07, 6.45) is 0. The van der Waals surface area contributed by atoms with Crippen LogP contribution in [-0.2, 0) is 6.54 Å². The summed E-state index contributed by atoms with van der Waals surface area (Å²) in [6, 6.07) is 15.0. The molecule has 0 unspecified atom stereocenters. The van der Waals surface area contributed by atoms with E-state index >= 15 is 0 Å². The standard InChI is InChI=1S/C14H14ClN3O/c15-12-4-6-13(7-5-12)17-9-10-2-1-3-11(8-10)14(16)18-19/h1-8,17,19H,9H2,(H2,16,18). The molecule has 0 fully saturated rings. The van der Waals surface area contributed by atoms with E-state index in [9.17, 15) is 0 Å². The summed E-state index contributed by atoms with van der Waals surface area (Å²) in [5.74, 6) is 0.105. The Hall–Kier alpha value is -2.20. The number of hydrogen-bond acceptors (Lipinski definition) is 3. The Morgan fingerprint density at radius 1 is 1.21 bits per heavy atom. The number of nitrogens with two attached hydrogens (primary N) is 1. The van der Waals surface area contributed by atoms with Gasteiger partial charge in [0, 0.05) is 22.8 Å². The Labute approximate surface area is 116 Å². The Morgan fingerprint density at radius 2 is 1.95 bits per heavy atom. The van der Waals surface area contributed by atoms with Gasteiger partial charge in [-0.15, -0.1) is 0 Å². The Kier molecular flexibility index (Phi) is 4.26. The van der Waals surface area contributed by atoms with Crippen LogP contribution < -0.4 is 11.1 Å².